The number of thiazole rings is 1. The lowest BCUT2D eigenvalue weighted by molar-refractivity contribution is -0.684. The van der Waals surface area contributed by atoms with Crippen molar-refractivity contribution >= 4 is 22.4 Å². The van der Waals surface area contributed by atoms with Crippen LogP contribution in [0, 0.1) is 0 Å². The van der Waals surface area contributed by atoms with Gasteiger partial charge in [0.05, 0.1) is 18.5 Å². The van der Waals surface area contributed by atoms with Crippen LogP contribution in [0.5, 0.6) is 0 Å². The molecule has 1 amide bonds. The summed E-state index contributed by atoms with van der Waals surface area (Å²) in [5.74, 6) is 0.959. The first-order chi connectivity index (χ1) is 13.7. The fraction of sp³-hybridized carbons (Fsp3) is 0.364. The third-order valence-electron chi connectivity index (χ3n) is 5.19. The topological polar surface area (TPSA) is 63.0 Å². The molecule has 0 saturated carbocycles. The molecule has 4 rings (SSSR count). The van der Waals surface area contributed by atoms with Crippen LogP contribution in [0.15, 0.2) is 53.1 Å². The van der Waals surface area contributed by atoms with Crippen LogP contribution in [0.2, 0.25) is 0 Å². The number of benzene rings is 1. The van der Waals surface area contributed by atoms with Gasteiger partial charge < -0.3 is 9.73 Å². The highest BCUT2D eigenvalue weighted by Crippen LogP contribution is 2.32. The summed E-state index contributed by atoms with van der Waals surface area (Å²) >= 11 is 1.68. The Morgan fingerprint density at radius 3 is 2.79 bits per heavy atom. The lowest BCUT2D eigenvalue weighted by Crippen LogP contribution is -2.87. The minimum atomic E-state index is 0.0772. The second kappa shape index (κ2) is 8.71. The molecule has 146 valence electrons. The molecule has 1 aromatic carbocycles. The summed E-state index contributed by atoms with van der Waals surface area (Å²) in [7, 11) is 0. The molecule has 0 aliphatic heterocycles. The molecule has 0 fully saturated rings. The number of hydrogen-bond acceptors (Lipinski definition) is 4. The Balaban J connectivity index is 1.52. The zero-order valence-electron chi connectivity index (χ0n) is 16.1. The minimum absolute atomic E-state index is 0.0772. The zero-order valence-corrected chi connectivity index (χ0v) is 17.0. The molecule has 3 aromatic rings. The smallest absolute Gasteiger partial charge is 0.284 e. The Hall–Kier alpha value is -2.44. The number of aromatic nitrogens is 1. The van der Waals surface area contributed by atoms with Gasteiger partial charge in [-0.1, -0.05) is 30.3 Å². The number of quaternary nitrogens is 1. The maximum absolute atomic E-state index is 13.2. The minimum Gasteiger partial charge on any atom is -0.463 e. The van der Waals surface area contributed by atoms with Gasteiger partial charge in [-0.05, 0) is 50.3 Å². The van der Waals surface area contributed by atoms with Crippen LogP contribution < -0.4 is 10.2 Å². The number of amides is 1. The van der Waals surface area contributed by atoms with E-state index >= 15 is 0 Å². The number of fused-ring (bicyclic) bond motifs is 1. The Kier molecular flexibility index (Phi) is 5.88. The Morgan fingerprint density at radius 1 is 1.21 bits per heavy atom. The molecule has 5 nitrogen and oxygen atoms in total. The van der Waals surface area contributed by atoms with Gasteiger partial charge in [-0.25, -0.2) is 4.98 Å². The Labute approximate surface area is 169 Å². The second-order valence-electron chi connectivity index (χ2n) is 7.28. The molecule has 0 unspecified atom stereocenters. The van der Waals surface area contributed by atoms with Gasteiger partial charge in [-0.3, -0.25) is 9.69 Å². The summed E-state index contributed by atoms with van der Waals surface area (Å²) < 4.78 is 5.46. The second-order valence-corrected chi connectivity index (χ2v) is 8.34. The van der Waals surface area contributed by atoms with Gasteiger partial charge in [0.15, 0.2) is 17.4 Å². The molecule has 2 N–H and O–H groups in total. The zero-order chi connectivity index (χ0) is 19.3. The van der Waals surface area contributed by atoms with Crippen molar-refractivity contribution in [2.75, 3.05) is 11.4 Å². The van der Waals surface area contributed by atoms with E-state index in [4.69, 9.17) is 9.40 Å². The van der Waals surface area contributed by atoms with Crippen molar-refractivity contribution in [2.45, 2.75) is 45.2 Å². The van der Waals surface area contributed by atoms with Gasteiger partial charge >= 0.3 is 0 Å². The van der Waals surface area contributed by atoms with E-state index in [0.717, 1.165) is 29.3 Å². The van der Waals surface area contributed by atoms with E-state index in [-0.39, 0.29) is 11.9 Å². The van der Waals surface area contributed by atoms with E-state index < -0.39 is 0 Å². The number of nitrogens with zero attached hydrogens (tertiary/aromatic N) is 2. The summed E-state index contributed by atoms with van der Waals surface area (Å²) in [5, 5.41) is 2.85. The molecule has 1 aliphatic rings. The van der Waals surface area contributed by atoms with Gasteiger partial charge in [0.2, 0.25) is 0 Å². The summed E-state index contributed by atoms with van der Waals surface area (Å²) in [5.41, 5.74) is 2.30. The molecular formula is C22H26N3O2S+. The molecule has 2 aromatic heterocycles. The van der Waals surface area contributed by atoms with Crippen LogP contribution in [0.3, 0.4) is 0 Å². The van der Waals surface area contributed by atoms with Gasteiger partial charge in [0, 0.05) is 4.88 Å². The van der Waals surface area contributed by atoms with Crippen molar-refractivity contribution in [1.29, 1.82) is 0 Å². The van der Waals surface area contributed by atoms with E-state index in [1.54, 1.807) is 17.6 Å². The van der Waals surface area contributed by atoms with Crippen molar-refractivity contribution in [1.82, 2.24) is 4.98 Å². The number of aryl methyl sites for hydroxylation is 2. The van der Waals surface area contributed by atoms with E-state index in [1.165, 1.54) is 23.4 Å². The Morgan fingerprint density at radius 2 is 2.04 bits per heavy atom. The van der Waals surface area contributed by atoms with Crippen molar-refractivity contribution in [3.8, 4) is 0 Å². The molecule has 0 bridgehead atoms. The van der Waals surface area contributed by atoms with Crippen LogP contribution >= 0.6 is 11.3 Å². The number of carbonyl (C=O) groups is 1. The number of rotatable bonds is 7. The maximum atomic E-state index is 13.2. The molecule has 6 heteroatoms. The molecular weight excluding hydrogens is 370 g/mol. The quantitative estimate of drug-likeness (QED) is 0.665. The molecule has 28 heavy (non-hydrogen) atoms. The van der Waals surface area contributed by atoms with Crippen LogP contribution in [-0.2, 0) is 24.2 Å². The predicted molar refractivity (Wildman–Crippen MR) is 110 cm³/mol. The van der Waals surface area contributed by atoms with Gasteiger partial charge in [0.1, 0.15) is 6.04 Å². The highest BCUT2D eigenvalue weighted by molar-refractivity contribution is 7.15. The van der Waals surface area contributed by atoms with Crippen molar-refractivity contribution in [3.63, 3.8) is 0 Å². The van der Waals surface area contributed by atoms with Crippen LogP contribution in [0.25, 0.3) is 0 Å². The summed E-state index contributed by atoms with van der Waals surface area (Å²) in [6, 6.07) is 14.1. The van der Waals surface area contributed by atoms with Crippen molar-refractivity contribution in [2.24, 2.45) is 0 Å². The van der Waals surface area contributed by atoms with Crippen LogP contribution in [-0.4, -0.2) is 17.4 Å². The first kappa shape index (κ1) is 18.9. The molecule has 1 atom stereocenters. The van der Waals surface area contributed by atoms with Crippen LogP contribution in [0.4, 0.5) is 5.13 Å². The number of carbonyl (C=O) groups excluding carboxylic acids is 1. The van der Waals surface area contributed by atoms with Gasteiger partial charge in [-0.2, -0.15) is 0 Å². The fourth-order valence-electron chi connectivity index (χ4n) is 3.54. The lowest BCUT2D eigenvalue weighted by Gasteiger charge is -2.20. The van der Waals surface area contributed by atoms with Crippen molar-refractivity contribution in [3.05, 3.63) is 70.6 Å². The average Bonchev–Trinajstić information content (AvgIpc) is 3.40. The highest BCUT2D eigenvalue weighted by atomic mass is 32.1. The third kappa shape index (κ3) is 4.34. The average molecular weight is 397 g/mol. The largest absolute Gasteiger partial charge is 0.463 e. The van der Waals surface area contributed by atoms with Gasteiger partial charge in [-0.15, -0.1) is 11.3 Å². The normalized spacial score (nSPS) is 14.5. The number of nitrogens with two attached hydrogens (primary N) is 1. The summed E-state index contributed by atoms with van der Waals surface area (Å²) in [4.78, 5) is 21.2. The monoisotopic (exact) mass is 396 g/mol. The van der Waals surface area contributed by atoms with E-state index in [9.17, 15) is 4.79 Å². The number of anilines is 1. The van der Waals surface area contributed by atoms with E-state index in [0.29, 0.717) is 13.1 Å². The standard InChI is InChI=1S/C22H25N3O2S/c1-16(19-11-7-13-27-19)23-14-21(26)25(15-17-8-3-2-4-9-17)22-24-18-10-5-6-12-20(18)28-22/h2-4,7-9,11,13,16,23H,5-6,10,12,14-15H2,1H3/p+1/t16-/m1/s1. The van der Waals surface area contributed by atoms with Crippen molar-refractivity contribution < 1.29 is 14.5 Å². The highest BCUT2D eigenvalue weighted by Gasteiger charge is 2.25. The molecule has 0 radical (unpaired) electrons. The predicted octanol–water partition coefficient (Wildman–Crippen LogP) is 3.47. The number of furan rings is 1. The first-order valence-electron chi connectivity index (χ1n) is 9.90. The third-order valence-corrected chi connectivity index (χ3v) is 6.37. The summed E-state index contributed by atoms with van der Waals surface area (Å²) in [6.45, 7) is 2.96. The van der Waals surface area contributed by atoms with Gasteiger partial charge in [0.25, 0.3) is 5.91 Å². The molecule has 0 saturated heterocycles. The fourth-order valence-corrected chi connectivity index (χ4v) is 4.70. The first-order valence-corrected chi connectivity index (χ1v) is 10.7. The summed E-state index contributed by atoms with van der Waals surface area (Å²) in [6.07, 6.45) is 6.19. The molecule has 0 spiro atoms. The Bertz CT molecular complexity index is 882. The van der Waals surface area contributed by atoms with E-state index in [2.05, 4.69) is 19.1 Å². The van der Waals surface area contributed by atoms with Crippen LogP contribution in [0.1, 0.15) is 47.7 Å². The SMILES string of the molecule is C[C@@H]([NH2+]CC(=O)N(Cc1ccccc1)c1nc2c(s1)CCCC2)c1ccco1. The van der Waals surface area contributed by atoms with E-state index in [1.807, 2.05) is 40.5 Å². The molecule has 2 heterocycles. The maximum Gasteiger partial charge on any atom is 0.284 e. The number of hydrogen-bond donors (Lipinski definition) is 1. The molecule has 1 aliphatic carbocycles. The lowest BCUT2D eigenvalue weighted by atomic mass is 10.0.